The number of benzene rings is 2. The van der Waals surface area contributed by atoms with E-state index in [1.165, 1.54) is 0 Å². The lowest BCUT2D eigenvalue weighted by Crippen LogP contribution is -2.20. The lowest BCUT2D eigenvalue weighted by atomic mass is 10.2. The van der Waals surface area contributed by atoms with Crippen LogP contribution in [0.1, 0.15) is 5.56 Å². The van der Waals surface area contributed by atoms with Crippen LogP contribution < -0.4 is 15.6 Å². The summed E-state index contributed by atoms with van der Waals surface area (Å²) < 4.78 is 5.22. The summed E-state index contributed by atoms with van der Waals surface area (Å²) in [6, 6.07) is 15.7. The molecule has 1 aromatic heterocycles. The SMILES string of the molecule is COc1ccc2[nH]c(NNCc3ccc(Cl)cc3)cc2c1. The second-order valence-electron chi connectivity index (χ2n) is 4.74. The first-order chi connectivity index (χ1) is 10.2. The van der Waals surface area contributed by atoms with Gasteiger partial charge in [0.1, 0.15) is 11.6 Å². The van der Waals surface area contributed by atoms with Crippen molar-refractivity contribution in [1.82, 2.24) is 10.4 Å². The van der Waals surface area contributed by atoms with Gasteiger partial charge < -0.3 is 15.1 Å². The van der Waals surface area contributed by atoms with Crippen LogP contribution in [0.15, 0.2) is 48.5 Å². The number of hydrogen-bond acceptors (Lipinski definition) is 3. The molecule has 0 bridgehead atoms. The molecule has 0 aliphatic heterocycles. The number of ether oxygens (including phenoxy) is 1. The van der Waals surface area contributed by atoms with Crippen molar-refractivity contribution >= 4 is 28.3 Å². The molecule has 0 saturated carbocycles. The maximum absolute atomic E-state index is 5.86. The molecule has 0 radical (unpaired) electrons. The summed E-state index contributed by atoms with van der Waals surface area (Å²) in [6.07, 6.45) is 0. The summed E-state index contributed by atoms with van der Waals surface area (Å²) in [4.78, 5) is 3.29. The summed E-state index contributed by atoms with van der Waals surface area (Å²) in [7, 11) is 1.67. The smallest absolute Gasteiger partial charge is 0.119 e. The van der Waals surface area contributed by atoms with Crippen molar-refractivity contribution in [2.75, 3.05) is 12.5 Å². The Bertz CT molecular complexity index is 737. The molecule has 5 heteroatoms. The minimum Gasteiger partial charge on any atom is -0.497 e. The minimum atomic E-state index is 0.704. The Kier molecular flexibility index (Phi) is 3.99. The third-order valence-corrected chi connectivity index (χ3v) is 3.51. The van der Waals surface area contributed by atoms with Gasteiger partial charge in [0, 0.05) is 22.5 Å². The number of anilines is 1. The number of aromatic amines is 1. The molecule has 3 rings (SSSR count). The fourth-order valence-electron chi connectivity index (χ4n) is 2.15. The van der Waals surface area contributed by atoms with E-state index in [9.17, 15) is 0 Å². The second-order valence-corrected chi connectivity index (χ2v) is 5.18. The summed E-state index contributed by atoms with van der Waals surface area (Å²) in [5.74, 6) is 1.76. The molecule has 0 amide bonds. The number of fused-ring (bicyclic) bond motifs is 1. The fraction of sp³-hybridized carbons (Fsp3) is 0.125. The first kappa shape index (κ1) is 13.8. The molecule has 1 heterocycles. The van der Waals surface area contributed by atoms with Crippen LogP contribution in [0.2, 0.25) is 5.02 Å². The van der Waals surface area contributed by atoms with Gasteiger partial charge in [0.25, 0.3) is 0 Å². The maximum Gasteiger partial charge on any atom is 0.119 e. The van der Waals surface area contributed by atoms with E-state index in [1.807, 2.05) is 48.5 Å². The Morgan fingerprint density at radius 1 is 1.10 bits per heavy atom. The quantitative estimate of drug-likeness (QED) is 0.626. The van der Waals surface area contributed by atoms with Crippen LogP contribution in [0.5, 0.6) is 5.75 Å². The zero-order valence-corrected chi connectivity index (χ0v) is 12.4. The largest absolute Gasteiger partial charge is 0.497 e. The minimum absolute atomic E-state index is 0.704. The van der Waals surface area contributed by atoms with Gasteiger partial charge in [-0.05, 0) is 42.0 Å². The molecule has 0 aliphatic rings. The van der Waals surface area contributed by atoms with Gasteiger partial charge in [0.2, 0.25) is 0 Å². The molecule has 108 valence electrons. The van der Waals surface area contributed by atoms with Gasteiger partial charge in [-0.15, -0.1) is 0 Å². The number of hydrazine groups is 1. The number of aromatic nitrogens is 1. The Morgan fingerprint density at radius 3 is 2.67 bits per heavy atom. The van der Waals surface area contributed by atoms with E-state index < -0.39 is 0 Å². The lowest BCUT2D eigenvalue weighted by molar-refractivity contribution is 0.415. The highest BCUT2D eigenvalue weighted by Crippen LogP contribution is 2.23. The Labute approximate surface area is 128 Å². The third kappa shape index (κ3) is 3.29. The third-order valence-electron chi connectivity index (χ3n) is 3.26. The van der Waals surface area contributed by atoms with Crippen LogP contribution in [0.3, 0.4) is 0 Å². The van der Waals surface area contributed by atoms with E-state index in [1.54, 1.807) is 7.11 Å². The van der Waals surface area contributed by atoms with Gasteiger partial charge >= 0.3 is 0 Å². The van der Waals surface area contributed by atoms with E-state index in [-0.39, 0.29) is 0 Å². The van der Waals surface area contributed by atoms with Crippen LogP contribution in [0.25, 0.3) is 10.9 Å². The van der Waals surface area contributed by atoms with Gasteiger partial charge in [0.05, 0.1) is 7.11 Å². The summed E-state index contributed by atoms with van der Waals surface area (Å²) in [6.45, 7) is 0.704. The summed E-state index contributed by atoms with van der Waals surface area (Å²) >= 11 is 5.86. The van der Waals surface area contributed by atoms with E-state index in [4.69, 9.17) is 16.3 Å². The zero-order valence-electron chi connectivity index (χ0n) is 11.6. The Hall–Kier alpha value is -2.17. The Morgan fingerprint density at radius 2 is 1.90 bits per heavy atom. The van der Waals surface area contributed by atoms with Gasteiger partial charge in [0.15, 0.2) is 0 Å². The molecule has 3 aromatic rings. The zero-order chi connectivity index (χ0) is 14.7. The van der Waals surface area contributed by atoms with Crippen LogP contribution in [0.4, 0.5) is 5.82 Å². The molecule has 0 atom stereocenters. The molecule has 0 aliphatic carbocycles. The molecule has 4 nitrogen and oxygen atoms in total. The van der Waals surface area contributed by atoms with Crippen molar-refractivity contribution in [2.24, 2.45) is 0 Å². The molecule has 2 aromatic carbocycles. The van der Waals surface area contributed by atoms with Crippen molar-refractivity contribution in [3.05, 3.63) is 59.1 Å². The molecular weight excluding hydrogens is 286 g/mol. The number of methoxy groups -OCH3 is 1. The van der Waals surface area contributed by atoms with Gasteiger partial charge in [-0.3, -0.25) is 0 Å². The van der Waals surface area contributed by atoms with E-state index >= 15 is 0 Å². The number of H-pyrrole nitrogens is 1. The topological polar surface area (TPSA) is 49.1 Å². The number of halogens is 1. The molecule has 3 N–H and O–H groups in total. The predicted octanol–water partition coefficient (Wildman–Crippen LogP) is 3.95. The van der Waals surface area contributed by atoms with Crippen molar-refractivity contribution < 1.29 is 4.74 Å². The van der Waals surface area contributed by atoms with Gasteiger partial charge in [-0.2, -0.15) is 0 Å². The molecule has 0 saturated heterocycles. The maximum atomic E-state index is 5.86. The van der Waals surface area contributed by atoms with Crippen molar-refractivity contribution in [2.45, 2.75) is 6.54 Å². The molecule has 0 spiro atoms. The first-order valence-electron chi connectivity index (χ1n) is 6.65. The lowest BCUT2D eigenvalue weighted by Gasteiger charge is -2.06. The average Bonchev–Trinajstić information content (AvgIpc) is 2.91. The van der Waals surface area contributed by atoms with Crippen LogP contribution in [0, 0.1) is 0 Å². The van der Waals surface area contributed by atoms with Crippen molar-refractivity contribution in [3.63, 3.8) is 0 Å². The molecule has 0 fully saturated rings. The molecule has 0 unspecified atom stereocenters. The summed E-state index contributed by atoms with van der Waals surface area (Å²) in [5, 5.41) is 1.85. The Balaban J connectivity index is 1.63. The summed E-state index contributed by atoms with van der Waals surface area (Å²) in [5.41, 5.74) is 8.55. The number of hydrogen-bond donors (Lipinski definition) is 3. The average molecular weight is 302 g/mol. The highest BCUT2D eigenvalue weighted by molar-refractivity contribution is 6.30. The van der Waals surface area contributed by atoms with Crippen molar-refractivity contribution in [3.8, 4) is 5.75 Å². The van der Waals surface area contributed by atoms with Crippen molar-refractivity contribution in [1.29, 1.82) is 0 Å². The van der Waals surface area contributed by atoms with Gasteiger partial charge in [-0.25, -0.2) is 5.43 Å². The number of rotatable bonds is 5. The predicted molar refractivity (Wildman–Crippen MR) is 86.8 cm³/mol. The van der Waals surface area contributed by atoms with Gasteiger partial charge in [-0.1, -0.05) is 23.7 Å². The monoisotopic (exact) mass is 301 g/mol. The number of nitrogens with one attached hydrogen (secondary N) is 3. The van der Waals surface area contributed by atoms with E-state index in [2.05, 4.69) is 15.8 Å². The fourth-order valence-corrected chi connectivity index (χ4v) is 2.27. The second kappa shape index (κ2) is 6.08. The highest BCUT2D eigenvalue weighted by Gasteiger charge is 2.01. The first-order valence-corrected chi connectivity index (χ1v) is 7.02. The van der Waals surface area contributed by atoms with Crippen LogP contribution in [-0.4, -0.2) is 12.1 Å². The molecular formula is C16H16ClN3O. The normalized spacial score (nSPS) is 10.8. The van der Waals surface area contributed by atoms with Crippen LogP contribution >= 0.6 is 11.6 Å². The van der Waals surface area contributed by atoms with E-state index in [0.29, 0.717) is 6.54 Å². The van der Waals surface area contributed by atoms with Crippen LogP contribution in [-0.2, 0) is 6.54 Å². The molecule has 21 heavy (non-hydrogen) atoms. The standard InChI is InChI=1S/C16H16ClN3O/c1-21-14-6-7-15-12(8-14)9-16(19-15)20-18-10-11-2-4-13(17)5-3-11/h2-9,18-20H,10H2,1H3. The van der Waals surface area contributed by atoms with E-state index in [0.717, 1.165) is 33.1 Å². The highest BCUT2D eigenvalue weighted by atomic mass is 35.5.